The van der Waals surface area contributed by atoms with E-state index in [4.69, 9.17) is 4.74 Å². The maximum absolute atomic E-state index is 15.4. The van der Waals surface area contributed by atoms with Crippen LogP contribution in [0.4, 0.5) is 0 Å². The van der Waals surface area contributed by atoms with E-state index in [1.807, 2.05) is 69.2 Å². The van der Waals surface area contributed by atoms with Crippen LogP contribution in [0.2, 0.25) is 0 Å². The lowest BCUT2D eigenvalue weighted by atomic mass is 9.84. The van der Waals surface area contributed by atoms with Crippen LogP contribution in [0.3, 0.4) is 0 Å². The molecule has 22 nitrogen and oxygen atoms in total. The molecule has 2 fully saturated rings. The predicted octanol–water partition coefficient (Wildman–Crippen LogP) is 5.68. The number of nitrogens with one attached hydrogen (secondary N) is 1. The summed E-state index contributed by atoms with van der Waals surface area (Å²) in [5.74, 6) is -10.8. The van der Waals surface area contributed by atoms with E-state index < -0.39 is 149 Å². The molecule has 90 heavy (non-hydrogen) atoms. The van der Waals surface area contributed by atoms with Crippen molar-refractivity contribution in [3.63, 3.8) is 0 Å². The Morgan fingerprint density at radius 1 is 0.478 bits per heavy atom. The van der Waals surface area contributed by atoms with Crippen molar-refractivity contribution in [3.05, 3.63) is 0 Å². The van der Waals surface area contributed by atoms with Crippen LogP contribution in [0.25, 0.3) is 0 Å². The summed E-state index contributed by atoms with van der Waals surface area (Å²) in [5.41, 5.74) is 0. The number of ether oxygens (including phenoxy) is 1. The molecular formula is C68H121N9O13. The van der Waals surface area contributed by atoms with Gasteiger partial charge in [-0.05, 0) is 100 Å². The number of hydrogen-bond donors (Lipinski definition) is 2. The van der Waals surface area contributed by atoms with Crippen molar-refractivity contribution >= 4 is 64.6 Å². The molecule has 0 aliphatic carbocycles. The van der Waals surface area contributed by atoms with Gasteiger partial charge in [0.1, 0.15) is 36.3 Å². The van der Waals surface area contributed by atoms with E-state index in [0.717, 1.165) is 0 Å². The Labute approximate surface area is 540 Å². The van der Waals surface area contributed by atoms with Gasteiger partial charge >= 0.3 is 0 Å². The summed E-state index contributed by atoms with van der Waals surface area (Å²) < 4.78 is 5.47. The van der Waals surface area contributed by atoms with Gasteiger partial charge in [0, 0.05) is 107 Å². The minimum Gasteiger partial charge on any atom is -0.390 e. The fraction of sp³-hybridized carbons (Fsp3) is 0.838. The molecule has 0 aromatic rings. The standard InChI is InChI=1S/C68H121N9O13/c1-26-48-34-57(80)59(60(81)44(14)27-28-77-36-49(37-77)90-25)76(24)68(89)58(43(12)13)75(23)67(88)54(32-41(8)9)74(22)66(87)53(31-40(6)7)73(21)62(83)46(16)69-61(82)45(15)33-55(78)51(29-38(2)3)72(20)65(86)50(42(10)11)35-56(79)52(30-39(4)5)71(19)63(84)47(17)70(18)64(48)85/h38-54,58-60,81H,26-37H2,1-25H3,(H,69,82)/t44-,45+,46+,47-,48+,50-,51-,52+,53-,54-,58-,59+,60-/m1/s1. The summed E-state index contributed by atoms with van der Waals surface area (Å²) in [4.78, 5) is 174. The molecule has 0 spiro atoms. The van der Waals surface area contributed by atoms with Gasteiger partial charge < -0.3 is 49.5 Å². The van der Waals surface area contributed by atoms with Crippen molar-refractivity contribution < 1.29 is 62.6 Å². The third-order valence-corrected chi connectivity index (χ3v) is 19.0. The molecule has 2 rings (SSSR count). The highest BCUT2D eigenvalue weighted by atomic mass is 16.5. The van der Waals surface area contributed by atoms with Gasteiger partial charge in [0.2, 0.25) is 47.3 Å². The van der Waals surface area contributed by atoms with E-state index >= 15 is 19.2 Å². The number of aliphatic hydroxyl groups excluding tert-OH is 1. The van der Waals surface area contributed by atoms with Crippen molar-refractivity contribution in [1.29, 1.82) is 0 Å². The average molecular weight is 1270 g/mol. The van der Waals surface area contributed by atoms with Crippen LogP contribution in [0.5, 0.6) is 0 Å². The zero-order valence-electron chi connectivity index (χ0n) is 60.0. The molecule has 13 atom stereocenters. The third kappa shape index (κ3) is 21.6. The van der Waals surface area contributed by atoms with Gasteiger partial charge in [-0.2, -0.15) is 0 Å². The summed E-state index contributed by atoms with van der Waals surface area (Å²) in [6.45, 7) is 32.4. The molecule has 22 heteroatoms. The smallest absolute Gasteiger partial charge is 0.246 e. The molecule has 0 aromatic heterocycles. The van der Waals surface area contributed by atoms with Crippen molar-refractivity contribution in [2.75, 3.05) is 76.1 Å². The highest BCUT2D eigenvalue weighted by molar-refractivity contribution is 6.00. The molecule has 2 saturated heterocycles. The number of methoxy groups -OCH3 is 1. The Bertz CT molecular complexity index is 2440. The minimum atomic E-state index is -1.50. The summed E-state index contributed by atoms with van der Waals surface area (Å²) in [5, 5.41) is 15.2. The monoisotopic (exact) mass is 1270 g/mol. The summed E-state index contributed by atoms with van der Waals surface area (Å²) in [6, 6.07) is -9.30. The Morgan fingerprint density at radius 2 is 0.900 bits per heavy atom. The molecule has 0 unspecified atom stereocenters. The van der Waals surface area contributed by atoms with Gasteiger partial charge in [0.15, 0.2) is 17.3 Å². The van der Waals surface area contributed by atoms with Crippen LogP contribution >= 0.6 is 0 Å². The summed E-state index contributed by atoms with van der Waals surface area (Å²) in [7, 11) is 12.0. The first kappa shape index (κ1) is 80.7. The van der Waals surface area contributed by atoms with E-state index in [9.17, 15) is 38.7 Å². The molecule has 516 valence electrons. The minimum absolute atomic E-state index is 0.0701. The van der Waals surface area contributed by atoms with Gasteiger partial charge in [-0.15, -0.1) is 0 Å². The maximum Gasteiger partial charge on any atom is 0.246 e. The molecule has 0 aromatic carbocycles. The number of likely N-dealkylation sites (tertiary alicyclic amines) is 1. The molecule has 0 saturated carbocycles. The van der Waals surface area contributed by atoms with Gasteiger partial charge in [-0.25, -0.2) is 0 Å². The van der Waals surface area contributed by atoms with Gasteiger partial charge in [-0.1, -0.05) is 104 Å². The molecular weight excluding hydrogens is 1150 g/mol. The Balaban J connectivity index is 2.99. The largest absolute Gasteiger partial charge is 0.390 e. The lowest BCUT2D eigenvalue weighted by molar-refractivity contribution is -0.157. The molecule has 2 aliphatic heterocycles. The first-order chi connectivity index (χ1) is 41.6. The zero-order chi connectivity index (χ0) is 69.4. The Morgan fingerprint density at radius 3 is 1.34 bits per heavy atom. The van der Waals surface area contributed by atoms with Gasteiger partial charge in [0.25, 0.3) is 0 Å². The van der Waals surface area contributed by atoms with Crippen molar-refractivity contribution in [3.8, 4) is 0 Å². The number of nitrogens with zero attached hydrogens (tertiary/aromatic N) is 8. The molecule has 0 radical (unpaired) electrons. The number of carbonyl (C=O) groups is 11. The predicted molar refractivity (Wildman–Crippen MR) is 349 cm³/mol. The van der Waals surface area contributed by atoms with E-state index in [1.165, 1.54) is 90.6 Å². The number of likely N-dealkylation sites (N-methyl/N-ethyl adjacent to an activating group) is 7. The summed E-state index contributed by atoms with van der Waals surface area (Å²) >= 11 is 0. The van der Waals surface area contributed by atoms with E-state index in [2.05, 4.69) is 10.2 Å². The van der Waals surface area contributed by atoms with E-state index in [0.29, 0.717) is 26.1 Å². The molecule has 2 N–H and O–H groups in total. The number of ketones is 3. The Hall–Kier alpha value is -5.35. The average Bonchev–Trinajstić information content (AvgIpc) is 0.897. The molecule has 2 heterocycles. The number of carbonyl (C=O) groups excluding carboxylic acids is 11. The number of Topliss-reactive ketones (excluding diaryl/α,β-unsaturated/α-hetero) is 3. The highest BCUT2D eigenvalue weighted by Gasteiger charge is 2.46. The van der Waals surface area contributed by atoms with Crippen molar-refractivity contribution in [2.24, 2.45) is 59.2 Å². The fourth-order valence-corrected chi connectivity index (χ4v) is 12.7. The topological polar surface area (TPSA) is 255 Å². The first-order valence-corrected chi connectivity index (χ1v) is 33.3. The SMILES string of the molecule is CC[C@H]1CC(=O)[C@@H]([C@H](O)[C@H](C)CCN2CC(OC)C2)N(C)C(=O)[C@@H](C(C)C)N(C)C(=O)[C@@H](CC(C)C)N(C)C(=O)[C@@H](CC(C)C)N(C)C(=O)[C@H](C)NC(=O)[C@@H](C)CC(=O)[C@@H](CC(C)C)N(C)C(=O)[C@@H](C(C)C)CC(=O)[C@H](CC(C)C)N(C)C(=O)[C@@H](C)N(C)C1=O. The van der Waals surface area contributed by atoms with Crippen LogP contribution in [-0.2, 0) is 57.5 Å². The van der Waals surface area contributed by atoms with E-state index in [1.54, 1.807) is 48.7 Å². The van der Waals surface area contributed by atoms with Crippen LogP contribution in [-0.4, -0.2) is 246 Å². The number of amides is 8. The molecule has 2 aliphatic rings. The molecule has 0 bridgehead atoms. The van der Waals surface area contributed by atoms with Crippen molar-refractivity contribution in [1.82, 2.24) is 44.5 Å². The summed E-state index contributed by atoms with van der Waals surface area (Å²) in [6.07, 6.45) is -0.936. The Kier molecular flexibility index (Phi) is 32.5. The maximum atomic E-state index is 15.4. The second-order valence-corrected chi connectivity index (χ2v) is 29.0. The normalized spacial score (nSPS) is 28.3. The van der Waals surface area contributed by atoms with Gasteiger partial charge in [0.05, 0.1) is 24.3 Å². The fourth-order valence-electron chi connectivity index (χ4n) is 12.7. The molecule has 8 amide bonds. The second kappa shape index (κ2) is 36.2. The van der Waals surface area contributed by atoms with Crippen LogP contribution in [0.15, 0.2) is 0 Å². The van der Waals surface area contributed by atoms with Crippen LogP contribution in [0.1, 0.15) is 175 Å². The number of hydrogen-bond acceptors (Lipinski definition) is 14. The first-order valence-electron chi connectivity index (χ1n) is 33.3. The van der Waals surface area contributed by atoms with Crippen LogP contribution < -0.4 is 5.32 Å². The number of rotatable bonds is 17. The van der Waals surface area contributed by atoms with Crippen LogP contribution in [0, 0.1) is 59.2 Å². The van der Waals surface area contributed by atoms with Gasteiger partial charge in [-0.3, -0.25) is 57.6 Å². The zero-order valence-corrected chi connectivity index (χ0v) is 60.0. The quantitative estimate of drug-likeness (QED) is 0.178. The van der Waals surface area contributed by atoms with E-state index in [-0.39, 0.29) is 86.4 Å². The number of aliphatic hydroxyl groups is 1. The second-order valence-electron chi connectivity index (χ2n) is 29.0. The lowest BCUT2D eigenvalue weighted by Crippen LogP contribution is -2.62. The lowest BCUT2D eigenvalue weighted by Gasteiger charge is -2.42. The third-order valence-electron chi connectivity index (χ3n) is 19.0. The highest BCUT2D eigenvalue weighted by Crippen LogP contribution is 2.30. The van der Waals surface area contributed by atoms with Crippen molar-refractivity contribution in [2.45, 2.75) is 236 Å².